The van der Waals surface area contributed by atoms with Gasteiger partial charge in [-0.1, -0.05) is 19.1 Å². The van der Waals surface area contributed by atoms with Crippen LogP contribution in [0.25, 0.3) is 0 Å². The lowest BCUT2D eigenvalue weighted by atomic mass is 10.1. The minimum atomic E-state index is -0.333. The third-order valence-electron chi connectivity index (χ3n) is 4.30. The first-order valence-corrected chi connectivity index (χ1v) is 8.14. The third kappa shape index (κ3) is 2.50. The minimum Gasteiger partial charge on any atom is -0.335 e. The fourth-order valence-corrected chi connectivity index (χ4v) is 3.21. The maximum Gasteiger partial charge on any atom is 0.261 e. The highest BCUT2D eigenvalue weighted by Gasteiger charge is 2.34. The number of carbonyl (C=O) groups is 2. The number of aryl methyl sites for hydroxylation is 1. The van der Waals surface area contributed by atoms with Gasteiger partial charge in [0.15, 0.2) is 4.77 Å². The number of benzene rings is 1. The van der Waals surface area contributed by atoms with Crippen LogP contribution in [0.1, 0.15) is 38.9 Å². The van der Waals surface area contributed by atoms with E-state index in [0.29, 0.717) is 27.9 Å². The Balaban J connectivity index is 1.87. The average molecular weight is 343 g/mol. The van der Waals surface area contributed by atoms with Gasteiger partial charge in [-0.2, -0.15) is 0 Å². The molecule has 0 saturated heterocycles. The number of imide groups is 1. The molecule has 1 aliphatic rings. The summed E-state index contributed by atoms with van der Waals surface area (Å²) in [6.07, 6.45) is 0.684. The van der Waals surface area contributed by atoms with Crippen LogP contribution in [0.15, 0.2) is 29.1 Å². The number of H-pyrrole nitrogens is 1. The van der Waals surface area contributed by atoms with Gasteiger partial charge in [0.2, 0.25) is 0 Å². The molecule has 0 radical (unpaired) electrons. The largest absolute Gasteiger partial charge is 0.335 e. The SMILES string of the molecule is CCc1[nH]c(=S)n(CCN2C(=O)c3ccccc3C2=O)c(=O)c1C. The van der Waals surface area contributed by atoms with Crippen molar-refractivity contribution in [3.05, 3.63) is 61.8 Å². The van der Waals surface area contributed by atoms with Crippen molar-refractivity contribution in [1.29, 1.82) is 0 Å². The lowest BCUT2D eigenvalue weighted by Crippen LogP contribution is -2.36. The van der Waals surface area contributed by atoms with Crippen LogP contribution in [0.5, 0.6) is 0 Å². The monoisotopic (exact) mass is 343 g/mol. The molecular weight excluding hydrogens is 326 g/mol. The van der Waals surface area contributed by atoms with Crippen LogP contribution in [-0.2, 0) is 13.0 Å². The van der Waals surface area contributed by atoms with Crippen LogP contribution < -0.4 is 5.56 Å². The van der Waals surface area contributed by atoms with Gasteiger partial charge in [0.05, 0.1) is 11.1 Å². The van der Waals surface area contributed by atoms with Crippen LogP contribution in [0, 0.1) is 11.7 Å². The van der Waals surface area contributed by atoms with E-state index in [1.807, 2.05) is 6.92 Å². The molecule has 1 aromatic carbocycles. The third-order valence-corrected chi connectivity index (χ3v) is 4.62. The normalized spacial score (nSPS) is 13.5. The molecule has 0 spiro atoms. The average Bonchev–Trinajstić information content (AvgIpc) is 2.83. The smallest absolute Gasteiger partial charge is 0.261 e. The Morgan fingerprint density at radius 2 is 1.62 bits per heavy atom. The van der Waals surface area contributed by atoms with Gasteiger partial charge in [-0.05, 0) is 37.7 Å². The van der Waals surface area contributed by atoms with Crippen molar-refractivity contribution < 1.29 is 9.59 Å². The highest BCUT2D eigenvalue weighted by Crippen LogP contribution is 2.22. The van der Waals surface area contributed by atoms with Crippen molar-refractivity contribution in [3.8, 4) is 0 Å². The summed E-state index contributed by atoms with van der Waals surface area (Å²) in [6, 6.07) is 6.71. The Morgan fingerprint density at radius 1 is 1.04 bits per heavy atom. The van der Waals surface area contributed by atoms with E-state index >= 15 is 0 Å². The summed E-state index contributed by atoms with van der Waals surface area (Å²) in [4.78, 5) is 41.3. The van der Waals surface area contributed by atoms with Crippen molar-refractivity contribution >= 4 is 24.0 Å². The first-order valence-electron chi connectivity index (χ1n) is 7.73. The van der Waals surface area contributed by atoms with Gasteiger partial charge in [-0.25, -0.2) is 0 Å². The zero-order chi connectivity index (χ0) is 17.4. The number of rotatable bonds is 4. The number of nitrogens with one attached hydrogen (secondary N) is 1. The number of fused-ring (bicyclic) bond motifs is 1. The van der Waals surface area contributed by atoms with E-state index in [1.165, 1.54) is 4.57 Å². The van der Waals surface area contributed by atoms with E-state index in [-0.39, 0.29) is 30.5 Å². The highest BCUT2D eigenvalue weighted by molar-refractivity contribution is 7.71. The fourth-order valence-electron chi connectivity index (χ4n) is 2.91. The topological polar surface area (TPSA) is 75.2 Å². The van der Waals surface area contributed by atoms with Crippen LogP contribution in [-0.4, -0.2) is 32.8 Å². The number of hydrogen-bond donors (Lipinski definition) is 1. The Bertz CT molecular complexity index is 923. The molecule has 0 unspecified atom stereocenters. The van der Waals surface area contributed by atoms with E-state index in [0.717, 1.165) is 10.6 Å². The molecule has 0 atom stereocenters. The van der Waals surface area contributed by atoms with Crippen LogP contribution in [0.3, 0.4) is 0 Å². The minimum absolute atomic E-state index is 0.106. The first-order chi connectivity index (χ1) is 11.5. The number of carbonyl (C=O) groups excluding carboxylic acids is 2. The molecule has 24 heavy (non-hydrogen) atoms. The van der Waals surface area contributed by atoms with E-state index in [9.17, 15) is 14.4 Å². The zero-order valence-corrected chi connectivity index (χ0v) is 14.3. The van der Waals surface area contributed by atoms with Gasteiger partial charge in [-0.15, -0.1) is 0 Å². The number of aromatic nitrogens is 2. The van der Waals surface area contributed by atoms with E-state index in [4.69, 9.17) is 12.2 Å². The maximum absolute atomic E-state index is 12.4. The highest BCUT2D eigenvalue weighted by atomic mass is 32.1. The molecule has 6 nitrogen and oxygen atoms in total. The maximum atomic E-state index is 12.4. The summed E-state index contributed by atoms with van der Waals surface area (Å²) in [7, 11) is 0. The predicted molar refractivity (Wildman–Crippen MR) is 91.8 cm³/mol. The molecule has 2 aromatic rings. The first kappa shape index (κ1) is 16.3. The van der Waals surface area contributed by atoms with Crippen molar-refractivity contribution in [2.24, 2.45) is 0 Å². The second-order valence-electron chi connectivity index (χ2n) is 5.65. The number of amides is 2. The molecule has 2 amide bonds. The van der Waals surface area contributed by atoms with Gasteiger partial charge >= 0.3 is 0 Å². The molecular formula is C17H17N3O3S. The van der Waals surface area contributed by atoms with Crippen molar-refractivity contribution in [1.82, 2.24) is 14.5 Å². The summed E-state index contributed by atoms with van der Waals surface area (Å²) < 4.78 is 1.70. The molecule has 3 rings (SSSR count). The number of aromatic amines is 1. The van der Waals surface area contributed by atoms with Crippen molar-refractivity contribution in [3.63, 3.8) is 0 Å². The Morgan fingerprint density at radius 3 is 2.17 bits per heavy atom. The quantitative estimate of drug-likeness (QED) is 0.681. The van der Waals surface area contributed by atoms with Crippen molar-refractivity contribution in [2.75, 3.05) is 6.54 Å². The fraction of sp³-hybridized carbons (Fsp3) is 0.294. The summed E-state index contributed by atoms with van der Waals surface area (Å²) in [5.74, 6) is -0.666. The molecule has 124 valence electrons. The van der Waals surface area contributed by atoms with Crippen LogP contribution >= 0.6 is 12.2 Å². The number of hydrogen-bond acceptors (Lipinski definition) is 4. The van der Waals surface area contributed by atoms with E-state index in [2.05, 4.69) is 4.98 Å². The van der Waals surface area contributed by atoms with E-state index in [1.54, 1.807) is 31.2 Å². The Hall–Kier alpha value is -2.54. The summed E-state index contributed by atoms with van der Waals surface area (Å²) in [6.45, 7) is 3.96. The van der Waals surface area contributed by atoms with E-state index < -0.39 is 0 Å². The second kappa shape index (κ2) is 6.16. The molecule has 1 aromatic heterocycles. The van der Waals surface area contributed by atoms with Gasteiger partial charge in [0.25, 0.3) is 17.4 Å². The van der Waals surface area contributed by atoms with Gasteiger partial charge in [0, 0.05) is 24.3 Å². The van der Waals surface area contributed by atoms with Gasteiger partial charge in [-0.3, -0.25) is 23.9 Å². The molecule has 7 heteroatoms. The zero-order valence-electron chi connectivity index (χ0n) is 13.5. The molecule has 2 heterocycles. The predicted octanol–water partition coefficient (Wildman–Crippen LogP) is 2.07. The lowest BCUT2D eigenvalue weighted by Gasteiger charge is -2.16. The molecule has 1 N–H and O–H groups in total. The molecule has 1 aliphatic heterocycles. The van der Waals surface area contributed by atoms with Gasteiger partial charge in [0.1, 0.15) is 0 Å². The van der Waals surface area contributed by atoms with Crippen LogP contribution in [0.2, 0.25) is 0 Å². The van der Waals surface area contributed by atoms with Crippen molar-refractivity contribution in [2.45, 2.75) is 26.8 Å². The lowest BCUT2D eigenvalue weighted by molar-refractivity contribution is 0.0648. The molecule has 0 saturated carbocycles. The molecule has 0 fully saturated rings. The summed E-state index contributed by atoms with van der Waals surface area (Å²) >= 11 is 5.24. The number of nitrogens with zero attached hydrogens (tertiary/aromatic N) is 2. The van der Waals surface area contributed by atoms with Crippen LogP contribution in [0.4, 0.5) is 0 Å². The van der Waals surface area contributed by atoms with Gasteiger partial charge < -0.3 is 4.98 Å². The molecule has 0 bridgehead atoms. The summed E-state index contributed by atoms with van der Waals surface area (Å²) in [5, 5.41) is 0. The summed E-state index contributed by atoms with van der Waals surface area (Å²) in [5.41, 5.74) is 2.03. The molecule has 0 aliphatic carbocycles. The standard InChI is InChI=1S/C17H17N3O3S/c1-3-13-10(2)14(21)20(17(24)18-13)9-8-19-15(22)11-6-4-5-7-12(11)16(19)23/h4-7H,3,8-9H2,1-2H3,(H,18,24). The Labute approximate surface area is 143 Å². The second-order valence-corrected chi connectivity index (χ2v) is 6.04. The Kier molecular flexibility index (Phi) is 4.19.